The quantitative estimate of drug-likeness (QED) is 0.818. The van der Waals surface area contributed by atoms with Gasteiger partial charge in [-0.2, -0.15) is 0 Å². The average molecular weight is 288 g/mol. The number of benzene rings is 1. The van der Waals surface area contributed by atoms with Gasteiger partial charge in [-0.15, -0.1) is 0 Å². The van der Waals surface area contributed by atoms with Crippen LogP contribution in [0.25, 0.3) is 6.08 Å². The molecular weight excluding hydrogens is 268 g/mol. The van der Waals surface area contributed by atoms with Crippen molar-refractivity contribution >= 4 is 23.8 Å². The topological polar surface area (TPSA) is 69.6 Å². The van der Waals surface area contributed by atoms with Gasteiger partial charge in [0.25, 0.3) is 0 Å². The molecule has 1 fully saturated rings. The molecule has 0 spiro atoms. The van der Waals surface area contributed by atoms with Crippen LogP contribution in [0.5, 0.6) is 0 Å². The normalized spacial score (nSPS) is 20.3. The predicted molar refractivity (Wildman–Crippen MR) is 82.0 cm³/mol. The second-order valence-corrected chi connectivity index (χ2v) is 5.58. The summed E-state index contributed by atoms with van der Waals surface area (Å²) in [5, 5.41) is 11.4. The summed E-state index contributed by atoms with van der Waals surface area (Å²) in [6, 6.07) is 6.94. The number of carbonyl (C=O) groups is 2. The van der Waals surface area contributed by atoms with Gasteiger partial charge >= 0.3 is 12.0 Å². The Morgan fingerprint density at radius 2 is 2.19 bits per heavy atom. The summed E-state index contributed by atoms with van der Waals surface area (Å²) in [6.07, 6.45) is 3.75. The van der Waals surface area contributed by atoms with Gasteiger partial charge in [-0.25, -0.2) is 9.59 Å². The summed E-state index contributed by atoms with van der Waals surface area (Å²) in [4.78, 5) is 24.2. The van der Waals surface area contributed by atoms with Gasteiger partial charge in [0.05, 0.1) is 0 Å². The Balaban J connectivity index is 1.93. The molecule has 1 saturated carbocycles. The molecule has 2 rings (SSSR count). The van der Waals surface area contributed by atoms with Crippen LogP contribution in [0.3, 0.4) is 0 Å². The molecular formula is C16H20N2O3. The zero-order valence-electron chi connectivity index (χ0n) is 12.2. The lowest BCUT2D eigenvalue weighted by Gasteiger charge is -2.18. The fourth-order valence-electron chi connectivity index (χ4n) is 2.19. The second-order valence-electron chi connectivity index (χ2n) is 5.58. The third-order valence-corrected chi connectivity index (χ3v) is 3.69. The van der Waals surface area contributed by atoms with Gasteiger partial charge in [0.15, 0.2) is 0 Å². The van der Waals surface area contributed by atoms with Crippen LogP contribution in [0.15, 0.2) is 30.3 Å². The molecule has 2 N–H and O–H groups in total. The molecule has 1 aromatic carbocycles. The van der Waals surface area contributed by atoms with Crippen LogP contribution < -0.4 is 5.32 Å². The summed E-state index contributed by atoms with van der Waals surface area (Å²) in [5.74, 6) is 0.332. The maximum Gasteiger partial charge on any atom is 0.328 e. The molecule has 1 aliphatic carbocycles. The zero-order chi connectivity index (χ0) is 15.4. The zero-order valence-corrected chi connectivity index (χ0v) is 12.2. The molecule has 0 bridgehead atoms. The number of aliphatic carboxylic acids is 1. The number of nitrogens with zero attached hydrogens (tertiary/aromatic N) is 1. The minimum Gasteiger partial charge on any atom is -0.478 e. The van der Waals surface area contributed by atoms with E-state index in [1.54, 1.807) is 36.2 Å². The highest BCUT2D eigenvalue weighted by Crippen LogP contribution is 2.37. The van der Waals surface area contributed by atoms with Gasteiger partial charge in [-0.1, -0.05) is 19.1 Å². The van der Waals surface area contributed by atoms with Crippen molar-refractivity contribution in [2.24, 2.45) is 11.8 Å². The number of carboxylic acids is 1. The van der Waals surface area contributed by atoms with Crippen molar-refractivity contribution in [2.75, 3.05) is 18.9 Å². The van der Waals surface area contributed by atoms with E-state index >= 15 is 0 Å². The number of rotatable bonds is 5. The molecule has 5 nitrogen and oxygen atoms in total. The molecule has 5 heteroatoms. The number of hydrogen-bond donors (Lipinski definition) is 2. The smallest absolute Gasteiger partial charge is 0.328 e. The van der Waals surface area contributed by atoms with Crippen molar-refractivity contribution in [3.8, 4) is 0 Å². The molecule has 2 atom stereocenters. The van der Waals surface area contributed by atoms with Crippen LogP contribution in [-0.4, -0.2) is 35.6 Å². The monoisotopic (exact) mass is 288 g/mol. The first kappa shape index (κ1) is 15.1. The third kappa shape index (κ3) is 4.63. The van der Waals surface area contributed by atoms with E-state index in [1.807, 2.05) is 0 Å². The number of anilines is 1. The van der Waals surface area contributed by atoms with E-state index in [0.717, 1.165) is 18.2 Å². The highest BCUT2D eigenvalue weighted by Gasteiger charge is 2.34. The number of carbonyl (C=O) groups excluding carboxylic acids is 1. The molecule has 0 radical (unpaired) electrons. The Morgan fingerprint density at radius 1 is 1.48 bits per heavy atom. The van der Waals surface area contributed by atoms with Crippen molar-refractivity contribution < 1.29 is 14.7 Å². The predicted octanol–water partition coefficient (Wildman–Crippen LogP) is 2.90. The van der Waals surface area contributed by atoms with E-state index in [1.165, 1.54) is 12.5 Å². The van der Waals surface area contributed by atoms with Crippen molar-refractivity contribution in [3.63, 3.8) is 0 Å². The first-order valence-electron chi connectivity index (χ1n) is 6.99. The van der Waals surface area contributed by atoms with Crippen molar-refractivity contribution in [3.05, 3.63) is 35.9 Å². The maximum atomic E-state index is 12.1. The van der Waals surface area contributed by atoms with E-state index in [-0.39, 0.29) is 6.03 Å². The Bertz CT molecular complexity index is 568. The van der Waals surface area contributed by atoms with E-state index in [2.05, 4.69) is 12.2 Å². The molecule has 0 heterocycles. The van der Waals surface area contributed by atoms with Gasteiger partial charge in [0, 0.05) is 25.4 Å². The molecule has 1 aliphatic rings. The van der Waals surface area contributed by atoms with Crippen molar-refractivity contribution in [1.29, 1.82) is 0 Å². The second kappa shape index (κ2) is 6.43. The fourth-order valence-corrected chi connectivity index (χ4v) is 2.19. The SMILES string of the molecule is CC1CC1CN(C)C(=O)Nc1cccc(/C=C/C(=O)O)c1. The molecule has 1 aromatic rings. The van der Waals surface area contributed by atoms with E-state index in [4.69, 9.17) is 5.11 Å². The lowest BCUT2D eigenvalue weighted by Crippen LogP contribution is -2.33. The van der Waals surface area contributed by atoms with Crippen molar-refractivity contribution in [1.82, 2.24) is 4.90 Å². The largest absolute Gasteiger partial charge is 0.478 e. The number of amides is 2. The highest BCUT2D eigenvalue weighted by atomic mass is 16.4. The first-order chi connectivity index (χ1) is 9.95. The summed E-state index contributed by atoms with van der Waals surface area (Å²) in [7, 11) is 1.79. The van der Waals surface area contributed by atoms with Crippen LogP contribution in [0.1, 0.15) is 18.9 Å². The average Bonchev–Trinajstić information content (AvgIpc) is 3.12. The summed E-state index contributed by atoms with van der Waals surface area (Å²) >= 11 is 0. The van der Waals surface area contributed by atoms with E-state index in [0.29, 0.717) is 17.5 Å². The fraction of sp³-hybridized carbons (Fsp3) is 0.375. The van der Waals surface area contributed by atoms with Gasteiger partial charge in [-0.3, -0.25) is 0 Å². The van der Waals surface area contributed by atoms with Crippen LogP contribution in [0.2, 0.25) is 0 Å². The lowest BCUT2D eigenvalue weighted by molar-refractivity contribution is -0.131. The Morgan fingerprint density at radius 3 is 2.81 bits per heavy atom. The number of nitrogens with one attached hydrogen (secondary N) is 1. The Hall–Kier alpha value is -2.30. The Labute approximate surface area is 124 Å². The summed E-state index contributed by atoms with van der Waals surface area (Å²) in [6.45, 7) is 2.96. The van der Waals surface area contributed by atoms with Crippen LogP contribution in [0, 0.1) is 11.8 Å². The van der Waals surface area contributed by atoms with Gasteiger partial charge in [0.1, 0.15) is 0 Å². The molecule has 21 heavy (non-hydrogen) atoms. The summed E-state index contributed by atoms with van der Waals surface area (Å²) in [5.41, 5.74) is 1.39. The Kier molecular flexibility index (Phi) is 4.62. The highest BCUT2D eigenvalue weighted by molar-refractivity contribution is 5.90. The third-order valence-electron chi connectivity index (χ3n) is 3.69. The van der Waals surface area contributed by atoms with Gasteiger partial charge in [0.2, 0.25) is 0 Å². The minimum atomic E-state index is -0.997. The van der Waals surface area contributed by atoms with Gasteiger partial charge in [-0.05, 0) is 42.0 Å². The molecule has 112 valence electrons. The minimum absolute atomic E-state index is 0.145. The first-order valence-corrected chi connectivity index (χ1v) is 6.99. The van der Waals surface area contributed by atoms with E-state index < -0.39 is 5.97 Å². The van der Waals surface area contributed by atoms with Crippen LogP contribution in [0.4, 0.5) is 10.5 Å². The number of carboxylic acid groups (broad SMARTS) is 1. The lowest BCUT2D eigenvalue weighted by atomic mass is 10.2. The summed E-state index contributed by atoms with van der Waals surface area (Å²) < 4.78 is 0. The molecule has 2 amide bonds. The van der Waals surface area contributed by atoms with Gasteiger partial charge < -0.3 is 15.3 Å². The van der Waals surface area contributed by atoms with E-state index in [9.17, 15) is 9.59 Å². The molecule has 0 aromatic heterocycles. The maximum absolute atomic E-state index is 12.1. The van der Waals surface area contributed by atoms with Crippen LogP contribution in [-0.2, 0) is 4.79 Å². The number of hydrogen-bond acceptors (Lipinski definition) is 2. The molecule has 0 saturated heterocycles. The number of urea groups is 1. The van der Waals surface area contributed by atoms with Crippen LogP contribution >= 0.6 is 0 Å². The standard InChI is InChI=1S/C16H20N2O3/c1-11-8-13(11)10-18(2)16(21)17-14-5-3-4-12(9-14)6-7-15(19)20/h3-7,9,11,13H,8,10H2,1-2H3,(H,17,21)(H,19,20)/b7-6+. The molecule has 2 unspecified atom stereocenters. The molecule has 0 aliphatic heterocycles. The van der Waals surface area contributed by atoms with Crippen molar-refractivity contribution in [2.45, 2.75) is 13.3 Å².